The van der Waals surface area contributed by atoms with Gasteiger partial charge in [0.1, 0.15) is 24.2 Å². The third-order valence-electron chi connectivity index (χ3n) is 6.34. The predicted molar refractivity (Wildman–Crippen MR) is 136 cm³/mol. The summed E-state index contributed by atoms with van der Waals surface area (Å²) in [6.45, 7) is 0.294. The molecule has 38 heavy (non-hydrogen) atoms. The summed E-state index contributed by atoms with van der Waals surface area (Å²) in [6.07, 6.45) is 6.05. The SMILES string of the molecule is COc1ccc(COc2cc(CCOc3c(F)cc(-c4cccnc4OC4CCCC4)cc3F)on2)cc1. The molecule has 0 unspecified atom stereocenters. The fraction of sp³-hybridized carbons (Fsp3) is 0.310. The predicted octanol–water partition coefficient (Wildman–Crippen LogP) is 6.55. The summed E-state index contributed by atoms with van der Waals surface area (Å²) in [5, 5.41) is 3.87. The maximum absolute atomic E-state index is 14.9. The van der Waals surface area contributed by atoms with E-state index in [0.717, 1.165) is 37.0 Å². The van der Waals surface area contributed by atoms with Gasteiger partial charge in [0, 0.05) is 24.2 Å². The number of benzene rings is 2. The summed E-state index contributed by atoms with van der Waals surface area (Å²) in [4.78, 5) is 4.29. The molecule has 198 valence electrons. The van der Waals surface area contributed by atoms with Crippen molar-refractivity contribution in [3.8, 4) is 34.4 Å². The molecule has 7 nitrogen and oxygen atoms in total. The highest BCUT2D eigenvalue weighted by Gasteiger charge is 2.21. The Morgan fingerprint density at radius 1 is 0.974 bits per heavy atom. The van der Waals surface area contributed by atoms with Gasteiger partial charge in [0.05, 0.1) is 13.7 Å². The highest BCUT2D eigenvalue weighted by molar-refractivity contribution is 5.69. The number of hydrogen-bond acceptors (Lipinski definition) is 7. The summed E-state index contributed by atoms with van der Waals surface area (Å²) in [6, 6.07) is 15.0. The Kier molecular flexibility index (Phi) is 8.01. The molecule has 0 atom stereocenters. The Balaban J connectivity index is 1.17. The highest BCUT2D eigenvalue weighted by Crippen LogP contribution is 2.35. The molecule has 5 rings (SSSR count). The van der Waals surface area contributed by atoms with E-state index in [-0.39, 0.29) is 19.1 Å². The number of nitrogens with zero attached hydrogens (tertiary/aromatic N) is 2. The van der Waals surface area contributed by atoms with Gasteiger partial charge in [-0.3, -0.25) is 0 Å². The zero-order valence-electron chi connectivity index (χ0n) is 21.0. The molecule has 0 saturated heterocycles. The first-order valence-corrected chi connectivity index (χ1v) is 12.5. The van der Waals surface area contributed by atoms with Crippen molar-refractivity contribution in [2.75, 3.05) is 13.7 Å². The Labute approximate surface area is 219 Å². The van der Waals surface area contributed by atoms with Crippen molar-refractivity contribution >= 4 is 0 Å². The number of halogens is 2. The second kappa shape index (κ2) is 11.9. The van der Waals surface area contributed by atoms with Gasteiger partial charge in [-0.15, -0.1) is 0 Å². The molecule has 0 aliphatic heterocycles. The maximum Gasteiger partial charge on any atom is 0.254 e. The topological polar surface area (TPSA) is 75.8 Å². The van der Waals surface area contributed by atoms with Gasteiger partial charge >= 0.3 is 0 Å². The lowest BCUT2D eigenvalue weighted by molar-refractivity contribution is 0.202. The van der Waals surface area contributed by atoms with Crippen molar-refractivity contribution in [2.45, 2.75) is 44.8 Å². The quantitative estimate of drug-likeness (QED) is 0.221. The van der Waals surface area contributed by atoms with Crippen LogP contribution in [0.15, 0.2) is 65.3 Å². The van der Waals surface area contributed by atoms with Crippen LogP contribution in [-0.2, 0) is 13.0 Å². The van der Waals surface area contributed by atoms with Crippen LogP contribution >= 0.6 is 0 Å². The van der Waals surface area contributed by atoms with Crippen LogP contribution in [0.5, 0.6) is 23.3 Å². The summed E-state index contributed by atoms with van der Waals surface area (Å²) >= 11 is 0. The average molecular weight is 523 g/mol. The van der Waals surface area contributed by atoms with Crippen LogP contribution in [0.25, 0.3) is 11.1 Å². The lowest BCUT2D eigenvalue weighted by Gasteiger charge is -2.16. The van der Waals surface area contributed by atoms with Crippen LogP contribution in [-0.4, -0.2) is 30.0 Å². The fourth-order valence-electron chi connectivity index (χ4n) is 4.33. The third-order valence-corrected chi connectivity index (χ3v) is 6.34. The molecule has 0 N–H and O–H groups in total. The molecule has 9 heteroatoms. The lowest BCUT2D eigenvalue weighted by Crippen LogP contribution is -2.12. The minimum absolute atomic E-state index is 0.0107. The average Bonchev–Trinajstić information content (AvgIpc) is 3.62. The largest absolute Gasteiger partial charge is 0.497 e. The maximum atomic E-state index is 14.9. The summed E-state index contributed by atoms with van der Waals surface area (Å²) in [5.41, 5.74) is 1.81. The second-order valence-electron chi connectivity index (χ2n) is 9.02. The number of pyridine rings is 1. The first-order valence-electron chi connectivity index (χ1n) is 12.5. The summed E-state index contributed by atoms with van der Waals surface area (Å²) in [5.74, 6) is -0.155. The molecule has 4 aromatic rings. The summed E-state index contributed by atoms with van der Waals surface area (Å²) < 4.78 is 57.2. The highest BCUT2D eigenvalue weighted by atomic mass is 19.1. The Hall–Kier alpha value is -4.14. The van der Waals surface area contributed by atoms with Gasteiger partial charge in [-0.1, -0.05) is 12.1 Å². The van der Waals surface area contributed by atoms with E-state index in [1.165, 1.54) is 12.1 Å². The fourth-order valence-corrected chi connectivity index (χ4v) is 4.33. The van der Waals surface area contributed by atoms with Gasteiger partial charge in [-0.05, 0) is 78.4 Å². The van der Waals surface area contributed by atoms with Crippen molar-refractivity contribution in [3.63, 3.8) is 0 Å². The van der Waals surface area contributed by atoms with E-state index in [1.54, 1.807) is 31.5 Å². The number of methoxy groups -OCH3 is 1. The Bertz CT molecular complexity index is 1330. The zero-order valence-corrected chi connectivity index (χ0v) is 21.0. The molecule has 2 aromatic carbocycles. The monoisotopic (exact) mass is 522 g/mol. The minimum Gasteiger partial charge on any atom is -0.497 e. The van der Waals surface area contributed by atoms with Crippen LogP contribution in [0.4, 0.5) is 8.78 Å². The second-order valence-corrected chi connectivity index (χ2v) is 9.02. The normalized spacial score (nSPS) is 13.4. The van der Waals surface area contributed by atoms with E-state index in [9.17, 15) is 8.78 Å². The Morgan fingerprint density at radius 2 is 1.74 bits per heavy atom. The number of ether oxygens (including phenoxy) is 4. The van der Waals surface area contributed by atoms with Gasteiger partial charge in [0.15, 0.2) is 17.4 Å². The van der Waals surface area contributed by atoms with Gasteiger partial charge in [0.25, 0.3) is 5.88 Å². The van der Waals surface area contributed by atoms with Gasteiger partial charge < -0.3 is 23.5 Å². The minimum atomic E-state index is -0.809. The molecule has 1 saturated carbocycles. The lowest BCUT2D eigenvalue weighted by atomic mass is 10.1. The molecule has 0 amide bonds. The molecule has 0 bridgehead atoms. The van der Waals surface area contributed by atoms with Crippen molar-refractivity contribution in [2.24, 2.45) is 0 Å². The first kappa shape index (κ1) is 25.5. The smallest absolute Gasteiger partial charge is 0.254 e. The van der Waals surface area contributed by atoms with Gasteiger partial charge in [0.2, 0.25) is 5.88 Å². The number of aromatic nitrogens is 2. The molecule has 2 heterocycles. The Morgan fingerprint density at radius 3 is 2.47 bits per heavy atom. The molecule has 0 spiro atoms. The van der Waals surface area contributed by atoms with Crippen molar-refractivity contribution in [3.05, 3.63) is 83.8 Å². The molecule has 1 fully saturated rings. The molecule has 2 aromatic heterocycles. The van der Waals surface area contributed by atoms with Crippen molar-refractivity contribution in [1.29, 1.82) is 0 Å². The number of rotatable bonds is 11. The third kappa shape index (κ3) is 6.22. The molecule has 1 aliphatic carbocycles. The van der Waals surface area contributed by atoms with Crippen molar-refractivity contribution < 1.29 is 32.3 Å². The van der Waals surface area contributed by atoms with Crippen LogP contribution in [0.2, 0.25) is 0 Å². The van der Waals surface area contributed by atoms with E-state index in [2.05, 4.69) is 10.1 Å². The number of hydrogen-bond donors (Lipinski definition) is 0. The standard InChI is InChI=1S/C29H28F2N2O5/c1-34-21-10-8-19(9-11-21)18-36-27-17-23(38-33-27)12-14-35-28-25(30)15-20(16-26(28)31)24-7-4-13-32-29(24)37-22-5-2-3-6-22/h4,7-11,13,15-17,22H,2-3,5-6,12,14,18H2,1H3. The molecule has 1 aliphatic rings. The van der Waals surface area contributed by atoms with Crippen LogP contribution in [0, 0.1) is 11.6 Å². The van der Waals surface area contributed by atoms with Crippen LogP contribution in [0.3, 0.4) is 0 Å². The van der Waals surface area contributed by atoms with Gasteiger partial charge in [-0.25, -0.2) is 13.8 Å². The van der Waals surface area contributed by atoms with Crippen molar-refractivity contribution in [1.82, 2.24) is 10.1 Å². The van der Waals surface area contributed by atoms with E-state index >= 15 is 0 Å². The zero-order chi connectivity index (χ0) is 26.3. The van der Waals surface area contributed by atoms with Crippen LogP contribution < -0.4 is 18.9 Å². The first-order chi connectivity index (χ1) is 18.6. The van der Waals surface area contributed by atoms with E-state index in [4.69, 9.17) is 23.5 Å². The van der Waals surface area contributed by atoms with Gasteiger partial charge in [-0.2, -0.15) is 0 Å². The van der Waals surface area contributed by atoms with Crippen LogP contribution in [0.1, 0.15) is 37.0 Å². The van der Waals surface area contributed by atoms with E-state index in [0.29, 0.717) is 35.3 Å². The van der Waals surface area contributed by atoms with E-state index in [1.807, 2.05) is 24.3 Å². The van der Waals surface area contributed by atoms with E-state index < -0.39 is 17.4 Å². The molecule has 0 radical (unpaired) electrons. The summed E-state index contributed by atoms with van der Waals surface area (Å²) in [7, 11) is 1.61. The molecular formula is C29H28F2N2O5. The molecular weight excluding hydrogens is 494 g/mol.